The van der Waals surface area contributed by atoms with E-state index in [1.54, 1.807) is 6.08 Å². The summed E-state index contributed by atoms with van der Waals surface area (Å²) in [5.74, 6) is -6.94. The first kappa shape index (κ1) is 86.4. The zero-order valence-electron chi connectivity index (χ0n) is 59.3. The van der Waals surface area contributed by atoms with E-state index in [-0.39, 0.29) is 52.6 Å². The minimum atomic E-state index is -5.19. The number of carboxylic acid groups (broad SMARTS) is 2. The number of fused-ring (bicyclic) bond motifs is 9. The fourth-order valence-corrected chi connectivity index (χ4v) is 16.0. The van der Waals surface area contributed by atoms with Gasteiger partial charge in [0.25, 0.3) is 0 Å². The molecule has 102 heavy (non-hydrogen) atoms. The summed E-state index contributed by atoms with van der Waals surface area (Å²) in [4.78, 5) is 62.0. The maximum Gasteiger partial charge on any atom is 0.430 e. The van der Waals surface area contributed by atoms with Crippen LogP contribution in [0.2, 0.25) is 0 Å². The molecule has 13 rings (SSSR count). The molecule has 0 radical (unpaired) electrons. The molecule has 9 aliphatic heterocycles. The van der Waals surface area contributed by atoms with Crippen molar-refractivity contribution in [2.45, 2.75) is 206 Å². The number of carboxylic acids is 2. The van der Waals surface area contributed by atoms with Crippen molar-refractivity contribution in [1.82, 2.24) is 10.2 Å². The largest absolute Gasteiger partial charge is 1.00 e. The van der Waals surface area contributed by atoms with Crippen LogP contribution in [0.1, 0.15) is 170 Å². The number of amides is 3. The number of carbonyl (C=O) groups is 5. The van der Waals surface area contributed by atoms with E-state index >= 15 is 0 Å². The lowest BCUT2D eigenvalue weighted by molar-refractivity contribution is -0.946. The highest BCUT2D eigenvalue weighted by molar-refractivity contribution is 7.12. The van der Waals surface area contributed by atoms with Gasteiger partial charge in [0.2, 0.25) is 0 Å². The van der Waals surface area contributed by atoms with Gasteiger partial charge in [-0.3, -0.25) is 4.90 Å². The van der Waals surface area contributed by atoms with Crippen LogP contribution in [-0.2, 0) is 30.3 Å². The van der Waals surface area contributed by atoms with E-state index < -0.39 is 59.7 Å². The summed E-state index contributed by atoms with van der Waals surface area (Å²) >= 11 is 1.82. The van der Waals surface area contributed by atoms with Gasteiger partial charge in [0.05, 0.1) is 77.7 Å². The molecule has 10 aliphatic rings. The number of likely N-dealkylation sites (N-methyl/N-ethyl adjacent to an activating group) is 1. The second kappa shape index (κ2) is 40.9. The molecule has 3 aromatic rings. The standard InChI is InChI=1S/C25H39F2N2O2.C23H29F2N3O2.C21H33N2O2S.2C2HF3O2.BrH/c1-3-5-7-8-9-15-29-16-12-20(13-17-29)24(19-29)31-25(30)28(14-6-4-2)23-18-21(26)10-11-22(23)27;24-20-8-6-9-21(25)19(20)7-2-1-4-13-27-23(29)30-22-17-28(14-5-3-12-26)15-10-18(22)11-16-28;1-15-12-19(26-16(15)2)13-22(18-6-4-5-7-18)21(24)25-20-14-23(3)10-8-17(20)9-11-23;2*3-2(4,5)1(6)7;/h10-11,18,20,24H,3-9,12-17,19H2,1-2H3;2,6-9,18,22H,1,3-5,10-11,13-17H2;12,17-18,20H,4-11,13-14H2,1-3H3;2*(H,6,7);1H/q+1;;+1;;;/p-2/t20?,24-,29?;18?,22-,28?;17?,20-,23?;;;/m000.../s1. The van der Waals surface area contributed by atoms with Gasteiger partial charge in [-0.15, -0.1) is 11.3 Å². The van der Waals surface area contributed by atoms with Crippen molar-refractivity contribution in [3.8, 4) is 6.07 Å². The molecule has 3 atom stereocenters. The Bertz CT molecular complexity index is 3150. The molecule has 17 nitrogen and oxygen atoms in total. The number of nitrogens with one attached hydrogen (secondary N) is 1. The number of hydrogen-bond donors (Lipinski definition) is 1. The van der Waals surface area contributed by atoms with Crippen molar-refractivity contribution < 1.29 is 123 Å². The van der Waals surface area contributed by atoms with Crippen molar-refractivity contribution >= 4 is 53.3 Å². The van der Waals surface area contributed by atoms with Crippen LogP contribution < -0.4 is 37.4 Å². The zero-order valence-corrected chi connectivity index (χ0v) is 61.7. The number of anilines is 1. The molecule has 2 aromatic carbocycles. The van der Waals surface area contributed by atoms with Crippen LogP contribution in [0.4, 0.5) is 64.0 Å². The van der Waals surface area contributed by atoms with Gasteiger partial charge in [0.15, 0.2) is 18.3 Å². The molecule has 1 saturated carbocycles. The number of alkyl halides is 6. The molecule has 1 aromatic heterocycles. The molecule has 0 spiro atoms. The van der Waals surface area contributed by atoms with Gasteiger partial charge in [0.1, 0.15) is 54.8 Å². The minimum absolute atomic E-state index is 0. The van der Waals surface area contributed by atoms with Crippen molar-refractivity contribution in [3.05, 3.63) is 92.7 Å². The van der Waals surface area contributed by atoms with Crippen LogP contribution >= 0.6 is 11.3 Å². The van der Waals surface area contributed by atoms with Crippen molar-refractivity contribution in [2.24, 2.45) is 17.8 Å². The highest BCUT2D eigenvalue weighted by atomic mass is 79.9. The molecule has 6 bridgehead atoms. The van der Waals surface area contributed by atoms with Crippen molar-refractivity contribution in [2.75, 3.05) is 97.0 Å². The van der Waals surface area contributed by atoms with E-state index in [4.69, 9.17) is 39.3 Å². The summed E-state index contributed by atoms with van der Waals surface area (Å²) < 4.78 is 139. The number of piperidine rings is 9. The molecular weight excluding hydrogens is 1440 g/mol. The molecule has 1 N–H and O–H groups in total. The number of unbranched alkanes of at least 4 members (excludes halogenated alkanes) is 7. The molecule has 9 saturated heterocycles. The van der Waals surface area contributed by atoms with Gasteiger partial charge in [-0.1, -0.05) is 70.6 Å². The predicted octanol–water partition coefficient (Wildman–Crippen LogP) is 10.8. The Morgan fingerprint density at radius 1 is 0.657 bits per heavy atom. The third kappa shape index (κ3) is 26.7. The third-order valence-corrected chi connectivity index (χ3v) is 22.1. The normalized spacial score (nSPS) is 24.5. The Morgan fingerprint density at radius 2 is 1.17 bits per heavy atom. The topological polar surface area (TPSA) is 201 Å². The fourth-order valence-electron chi connectivity index (χ4n) is 15.0. The number of nitrogens with zero attached hydrogens (tertiary/aromatic N) is 6. The van der Waals surface area contributed by atoms with Crippen molar-refractivity contribution in [3.63, 3.8) is 0 Å². The summed E-state index contributed by atoms with van der Waals surface area (Å²) in [6, 6.07) is 11.8. The Labute approximate surface area is 608 Å². The van der Waals surface area contributed by atoms with Crippen LogP contribution in [-0.4, -0.2) is 177 Å². The lowest BCUT2D eigenvalue weighted by atomic mass is 9.83. The third-order valence-electron chi connectivity index (χ3n) is 21.0. The average molecular weight is 1540 g/mol. The van der Waals surface area contributed by atoms with E-state index in [1.807, 2.05) is 18.3 Å². The number of nitriles is 1. The molecule has 10 heterocycles. The van der Waals surface area contributed by atoms with Crippen LogP contribution in [0, 0.1) is 66.2 Å². The van der Waals surface area contributed by atoms with Gasteiger partial charge in [0, 0.05) is 110 Å². The smallest absolute Gasteiger partial charge is 0.430 e. The van der Waals surface area contributed by atoms with Gasteiger partial charge < -0.3 is 74.7 Å². The van der Waals surface area contributed by atoms with E-state index in [1.165, 1.54) is 128 Å². The monoisotopic (exact) mass is 1540 g/mol. The SMILES string of the molecule is CCCCCCC[N+]12CCC(CC1)[C@@H](OC(=O)N(CCCC)c1cc(F)ccc1F)C2.Cc1cc(CN(C(=O)O[C@H]2C[N+]3(C)CCC2CC3)C2CCCC2)sc1C.N#CCCC[N+]12CCC(CC1)[C@@H](OC(=O)NCCCC=Cc1c(F)cccc1F)C2.O=C([O-])C(F)(F)F.O=C([O-])C(F)(F)F.[Br-]. The van der Waals surface area contributed by atoms with E-state index in [0.717, 1.165) is 129 Å². The minimum Gasteiger partial charge on any atom is -1.00 e. The summed E-state index contributed by atoms with van der Waals surface area (Å²) in [5, 5.41) is 29.1. The first-order valence-electron chi connectivity index (χ1n) is 35.8. The second-order valence-electron chi connectivity index (χ2n) is 28.4. The Morgan fingerprint density at radius 3 is 1.68 bits per heavy atom. The van der Waals surface area contributed by atoms with E-state index in [0.29, 0.717) is 69.1 Å². The number of benzene rings is 2. The van der Waals surface area contributed by atoms with Crippen LogP contribution in [0.5, 0.6) is 0 Å². The van der Waals surface area contributed by atoms with E-state index in [9.17, 15) is 58.3 Å². The number of alkyl carbamates (subject to hydrolysis) is 1. The molecule has 0 unspecified atom stereocenters. The lowest BCUT2D eigenvalue weighted by Gasteiger charge is -2.52. The molecule has 1 aliphatic carbocycles. The number of rotatable bonds is 24. The van der Waals surface area contributed by atoms with Crippen LogP contribution in [0.15, 0.2) is 48.5 Å². The second-order valence-corrected chi connectivity index (χ2v) is 29.8. The highest BCUT2D eigenvalue weighted by Gasteiger charge is 2.50. The fraction of sp³-hybridized carbons (Fsp3) is 0.671. The van der Waals surface area contributed by atoms with Gasteiger partial charge in [-0.25, -0.2) is 31.9 Å². The van der Waals surface area contributed by atoms with Crippen LogP contribution in [0.25, 0.3) is 6.08 Å². The number of aryl methyl sites for hydroxylation is 2. The lowest BCUT2D eigenvalue weighted by Crippen LogP contribution is -3.00. The number of ether oxygens (including phenoxy) is 3. The number of halogens is 11. The van der Waals surface area contributed by atoms with Crippen molar-refractivity contribution in [1.29, 1.82) is 5.26 Å². The number of hydrogen-bond acceptors (Lipinski definition) is 12. The Hall–Kier alpha value is -6.22. The zero-order chi connectivity index (χ0) is 74.1. The van der Waals surface area contributed by atoms with E-state index in [2.05, 4.69) is 50.2 Å². The first-order valence-corrected chi connectivity index (χ1v) is 36.6. The summed E-state index contributed by atoms with van der Waals surface area (Å²) in [5.41, 5.74) is 1.26. The molecule has 29 heteroatoms. The Kier molecular flexibility index (Phi) is 34.6. The number of thiophene rings is 1. The summed E-state index contributed by atoms with van der Waals surface area (Å²) in [7, 11) is 2.32. The van der Waals surface area contributed by atoms with Crippen LogP contribution in [0.3, 0.4) is 0 Å². The summed E-state index contributed by atoms with van der Waals surface area (Å²) in [6.07, 6.45) is 13.7. The molecule has 3 amide bonds. The average Bonchev–Trinajstić information content (AvgIpc) is 0.940. The maximum atomic E-state index is 14.4. The van der Waals surface area contributed by atoms with Gasteiger partial charge >= 0.3 is 30.6 Å². The van der Waals surface area contributed by atoms with Gasteiger partial charge in [-0.2, -0.15) is 31.6 Å². The summed E-state index contributed by atoms with van der Waals surface area (Å²) in [6.45, 7) is 22.0. The number of carbonyl (C=O) groups excluding carboxylic acids is 5. The number of allylic oxidation sites excluding steroid dienone is 1. The molecule has 572 valence electrons. The first-order chi connectivity index (χ1) is 47.8. The quantitative estimate of drug-likeness (QED) is 0.0387. The highest BCUT2D eigenvalue weighted by Crippen LogP contribution is 2.40. The Balaban J connectivity index is 0.000000250. The number of aliphatic carboxylic acids is 2. The number of quaternary nitrogens is 3. The predicted molar refractivity (Wildman–Crippen MR) is 358 cm³/mol. The molecular formula is C73H102BrF10N7O10S. The molecule has 10 fully saturated rings. The maximum absolute atomic E-state index is 14.4. The van der Waals surface area contributed by atoms with Gasteiger partial charge in [-0.05, 0) is 94.7 Å².